The second-order valence-corrected chi connectivity index (χ2v) is 20.2. The highest BCUT2D eigenvalue weighted by Crippen LogP contribution is 2.18. The number of carbonyl (C=O) groups is 3. The van der Waals surface area contributed by atoms with Gasteiger partial charge in [0.1, 0.15) is 13.2 Å². The molecule has 0 unspecified atom stereocenters. The number of carbonyl (C=O) groups excluding carboxylic acids is 3. The summed E-state index contributed by atoms with van der Waals surface area (Å²) in [5.41, 5.74) is 0. The van der Waals surface area contributed by atoms with Gasteiger partial charge in [-0.15, -0.1) is 0 Å². The van der Waals surface area contributed by atoms with Crippen molar-refractivity contribution in [1.82, 2.24) is 0 Å². The SMILES string of the molecule is CCCCCCCCCCCCCCCCCCCCC(=O)OC[C@H](COC(=O)CCCCCCCCCCCCC(C)C)OC(=O)CCCCCCCCCCCCC(C)C. The molecular formula is C56H108O6. The van der Waals surface area contributed by atoms with Gasteiger partial charge >= 0.3 is 17.9 Å². The van der Waals surface area contributed by atoms with Crippen molar-refractivity contribution in [2.45, 2.75) is 317 Å². The third-order valence-electron chi connectivity index (χ3n) is 12.7. The molecule has 0 amide bonds. The largest absolute Gasteiger partial charge is 0.462 e. The Kier molecular flexibility index (Phi) is 47.6. The van der Waals surface area contributed by atoms with E-state index >= 15 is 0 Å². The average molecular weight is 877 g/mol. The van der Waals surface area contributed by atoms with Crippen LogP contribution in [0.4, 0.5) is 0 Å². The first kappa shape index (κ1) is 60.4. The van der Waals surface area contributed by atoms with Crippen molar-refractivity contribution in [3.63, 3.8) is 0 Å². The van der Waals surface area contributed by atoms with Crippen molar-refractivity contribution in [2.75, 3.05) is 13.2 Å². The molecule has 0 bridgehead atoms. The predicted octanol–water partition coefficient (Wildman–Crippen LogP) is 18.1. The lowest BCUT2D eigenvalue weighted by molar-refractivity contribution is -0.167. The van der Waals surface area contributed by atoms with Crippen molar-refractivity contribution < 1.29 is 28.6 Å². The molecule has 0 saturated carbocycles. The molecule has 0 fully saturated rings. The smallest absolute Gasteiger partial charge is 0.306 e. The van der Waals surface area contributed by atoms with E-state index in [2.05, 4.69) is 34.6 Å². The van der Waals surface area contributed by atoms with Gasteiger partial charge in [-0.2, -0.15) is 0 Å². The molecule has 0 heterocycles. The van der Waals surface area contributed by atoms with Gasteiger partial charge < -0.3 is 14.2 Å². The maximum Gasteiger partial charge on any atom is 0.306 e. The second-order valence-electron chi connectivity index (χ2n) is 20.2. The van der Waals surface area contributed by atoms with E-state index in [1.54, 1.807) is 0 Å². The molecule has 0 aromatic rings. The van der Waals surface area contributed by atoms with E-state index in [-0.39, 0.29) is 31.1 Å². The lowest BCUT2D eigenvalue weighted by atomic mass is 10.0. The lowest BCUT2D eigenvalue weighted by Gasteiger charge is -2.18. The van der Waals surface area contributed by atoms with E-state index in [0.717, 1.165) is 69.6 Å². The molecule has 0 aliphatic heterocycles. The summed E-state index contributed by atoms with van der Waals surface area (Å²) in [6, 6.07) is 0. The molecule has 368 valence electrons. The standard InChI is InChI=1S/C56H108O6/c1-6-7-8-9-10-11-12-13-14-15-16-17-18-19-26-31-36-41-46-54(57)60-49-53(62-56(59)48-43-38-33-28-23-21-25-30-35-40-45-52(4)5)50-61-55(58)47-42-37-32-27-22-20-24-29-34-39-44-51(2)3/h51-53H,6-50H2,1-5H3/t53-/m1/s1. The van der Waals surface area contributed by atoms with Gasteiger partial charge in [0.25, 0.3) is 0 Å². The maximum atomic E-state index is 12.8. The van der Waals surface area contributed by atoms with Crippen LogP contribution in [0.1, 0.15) is 311 Å². The number of ether oxygens (including phenoxy) is 3. The molecule has 0 aliphatic carbocycles. The highest BCUT2D eigenvalue weighted by molar-refractivity contribution is 5.71. The van der Waals surface area contributed by atoms with Crippen molar-refractivity contribution in [1.29, 1.82) is 0 Å². The summed E-state index contributed by atoms with van der Waals surface area (Å²) in [6.07, 6.45) is 50.9. The zero-order chi connectivity index (χ0) is 45.4. The van der Waals surface area contributed by atoms with E-state index in [4.69, 9.17) is 14.2 Å². The molecule has 0 aromatic heterocycles. The molecule has 0 saturated heterocycles. The Bertz CT molecular complexity index is 947. The van der Waals surface area contributed by atoms with E-state index in [9.17, 15) is 14.4 Å². The topological polar surface area (TPSA) is 78.9 Å². The Balaban J connectivity index is 4.28. The fourth-order valence-corrected chi connectivity index (χ4v) is 8.52. The lowest BCUT2D eigenvalue weighted by Crippen LogP contribution is -2.30. The summed E-state index contributed by atoms with van der Waals surface area (Å²) in [5.74, 6) is 0.790. The predicted molar refractivity (Wildman–Crippen MR) is 266 cm³/mol. The molecule has 0 rings (SSSR count). The van der Waals surface area contributed by atoms with Gasteiger partial charge in [-0.25, -0.2) is 0 Å². The van der Waals surface area contributed by atoms with Gasteiger partial charge in [0.2, 0.25) is 0 Å². The van der Waals surface area contributed by atoms with Crippen LogP contribution in [0.15, 0.2) is 0 Å². The van der Waals surface area contributed by atoms with Crippen LogP contribution in [-0.2, 0) is 28.6 Å². The van der Waals surface area contributed by atoms with Crippen LogP contribution in [0.3, 0.4) is 0 Å². The monoisotopic (exact) mass is 877 g/mol. The van der Waals surface area contributed by atoms with E-state index in [0.29, 0.717) is 19.3 Å². The van der Waals surface area contributed by atoms with Crippen LogP contribution in [0.25, 0.3) is 0 Å². The van der Waals surface area contributed by atoms with E-state index < -0.39 is 6.10 Å². The molecule has 6 nitrogen and oxygen atoms in total. The molecule has 0 radical (unpaired) electrons. The van der Waals surface area contributed by atoms with Crippen LogP contribution < -0.4 is 0 Å². The molecule has 0 N–H and O–H groups in total. The van der Waals surface area contributed by atoms with Crippen LogP contribution in [0.5, 0.6) is 0 Å². The third kappa shape index (κ3) is 49.4. The first-order valence-electron chi connectivity index (χ1n) is 27.7. The summed E-state index contributed by atoms with van der Waals surface area (Å²) in [7, 11) is 0. The highest BCUT2D eigenvalue weighted by Gasteiger charge is 2.19. The normalized spacial score (nSPS) is 12.0. The highest BCUT2D eigenvalue weighted by atomic mass is 16.6. The fourth-order valence-electron chi connectivity index (χ4n) is 8.52. The molecule has 0 aliphatic rings. The Labute approximate surface area is 387 Å². The van der Waals surface area contributed by atoms with Crippen molar-refractivity contribution >= 4 is 17.9 Å². The minimum absolute atomic E-state index is 0.0634. The number of hydrogen-bond acceptors (Lipinski definition) is 6. The summed E-state index contributed by atoms with van der Waals surface area (Å²) in [6.45, 7) is 11.4. The molecule has 6 heteroatoms. The zero-order valence-corrected chi connectivity index (χ0v) is 42.5. The number of unbranched alkanes of at least 4 members (excludes halogenated alkanes) is 35. The average Bonchev–Trinajstić information content (AvgIpc) is 3.24. The first-order chi connectivity index (χ1) is 30.2. The summed E-state index contributed by atoms with van der Waals surface area (Å²) in [4.78, 5) is 38.0. The van der Waals surface area contributed by atoms with Gasteiger partial charge in [-0.3, -0.25) is 14.4 Å². The first-order valence-corrected chi connectivity index (χ1v) is 27.7. The van der Waals surface area contributed by atoms with E-state index in [1.165, 1.54) is 199 Å². The van der Waals surface area contributed by atoms with Crippen molar-refractivity contribution in [2.24, 2.45) is 11.8 Å². The van der Waals surface area contributed by atoms with Gasteiger partial charge in [0.15, 0.2) is 6.10 Å². The van der Waals surface area contributed by atoms with Gasteiger partial charge in [-0.1, -0.05) is 272 Å². The Morgan fingerprint density at radius 2 is 0.532 bits per heavy atom. The second kappa shape index (κ2) is 48.9. The van der Waals surface area contributed by atoms with Crippen LogP contribution in [-0.4, -0.2) is 37.2 Å². The zero-order valence-electron chi connectivity index (χ0n) is 42.5. The molecular weight excluding hydrogens is 769 g/mol. The van der Waals surface area contributed by atoms with E-state index in [1.807, 2.05) is 0 Å². The van der Waals surface area contributed by atoms with Gasteiger partial charge in [-0.05, 0) is 31.1 Å². The Morgan fingerprint density at radius 3 is 0.790 bits per heavy atom. The van der Waals surface area contributed by atoms with Gasteiger partial charge in [0.05, 0.1) is 0 Å². The quantitative estimate of drug-likeness (QED) is 0.0344. The number of rotatable bonds is 50. The molecule has 0 aromatic carbocycles. The summed E-state index contributed by atoms with van der Waals surface area (Å²) < 4.78 is 16.9. The third-order valence-corrected chi connectivity index (χ3v) is 12.7. The van der Waals surface area contributed by atoms with Gasteiger partial charge in [0, 0.05) is 19.3 Å². The van der Waals surface area contributed by atoms with Crippen LogP contribution in [0, 0.1) is 11.8 Å². The summed E-state index contributed by atoms with van der Waals surface area (Å²) >= 11 is 0. The van der Waals surface area contributed by atoms with Crippen molar-refractivity contribution in [3.05, 3.63) is 0 Å². The minimum atomic E-state index is -0.762. The van der Waals surface area contributed by atoms with Crippen molar-refractivity contribution in [3.8, 4) is 0 Å². The molecule has 62 heavy (non-hydrogen) atoms. The Hall–Kier alpha value is -1.59. The number of esters is 3. The summed E-state index contributed by atoms with van der Waals surface area (Å²) in [5, 5.41) is 0. The van der Waals surface area contributed by atoms with Crippen LogP contribution in [0.2, 0.25) is 0 Å². The molecule has 0 spiro atoms. The fraction of sp³-hybridized carbons (Fsp3) is 0.946. The maximum absolute atomic E-state index is 12.8. The molecule has 1 atom stereocenters. The minimum Gasteiger partial charge on any atom is -0.462 e. The Morgan fingerprint density at radius 1 is 0.306 bits per heavy atom. The number of hydrogen-bond donors (Lipinski definition) is 0. The van der Waals surface area contributed by atoms with Crippen LogP contribution >= 0.6 is 0 Å².